The summed E-state index contributed by atoms with van der Waals surface area (Å²) in [6, 6.07) is 58.1. The molecule has 1 aliphatic carbocycles. The fourth-order valence-electron chi connectivity index (χ4n) is 11.1. The van der Waals surface area contributed by atoms with Crippen LogP contribution < -0.4 is 30.4 Å². The zero-order valence-corrected chi connectivity index (χ0v) is 56.3. The second-order valence-corrected chi connectivity index (χ2v) is 23.4. The molecule has 18 nitrogen and oxygen atoms in total. The van der Waals surface area contributed by atoms with Gasteiger partial charge in [-0.1, -0.05) is 116 Å². The number of nitrogen functional groups attached to an aromatic ring is 2. The highest BCUT2D eigenvalue weighted by Gasteiger charge is 2.36. The van der Waals surface area contributed by atoms with E-state index in [0.29, 0.717) is 29.2 Å². The van der Waals surface area contributed by atoms with Crippen molar-refractivity contribution < 1.29 is 38.1 Å². The highest BCUT2D eigenvalue weighted by atomic mass is 16.5. The van der Waals surface area contributed by atoms with Crippen LogP contribution in [0.1, 0.15) is 134 Å². The van der Waals surface area contributed by atoms with Crippen molar-refractivity contribution in [3.63, 3.8) is 0 Å². The summed E-state index contributed by atoms with van der Waals surface area (Å²) >= 11 is 0. The molecular formula is C79H78N10O8. The summed E-state index contributed by atoms with van der Waals surface area (Å²) in [6.45, 7) is 12.4. The summed E-state index contributed by atoms with van der Waals surface area (Å²) < 4.78 is 21.5. The molecular weight excluding hydrogens is 1220 g/mol. The molecule has 0 radical (unpaired) electrons. The lowest BCUT2D eigenvalue weighted by Gasteiger charge is -2.18. The first-order valence-electron chi connectivity index (χ1n) is 31.7. The fraction of sp³-hybridized carbons (Fsp3) is 0.190. The van der Waals surface area contributed by atoms with Crippen molar-refractivity contribution in [3.05, 3.63) is 272 Å². The van der Waals surface area contributed by atoms with Gasteiger partial charge < -0.3 is 30.4 Å². The number of nitrogens with two attached hydrogens (primary N) is 2. The van der Waals surface area contributed by atoms with E-state index in [1.807, 2.05) is 241 Å². The number of hydrogen-bond acceptors (Lipinski definition) is 14. The number of rotatable bonds is 10. The van der Waals surface area contributed by atoms with Gasteiger partial charge >= 0.3 is 0 Å². The summed E-state index contributed by atoms with van der Waals surface area (Å²) in [5.74, 6) is 2.89. The Hall–Kier alpha value is -11.9. The van der Waals surface area contributed by atoms with Gasteiger partial charge in [-0.3, -0.25) is 19.2 Å². The van der Waals surface area contributed by atoms with Gasteiger partial charge in [-0.05, 0) is 160 Å². The first kappa shape index (κ1) is 68.0. The van der Waals surface area contributed by atoms with Gasteiger partial charge in [0.1, 0.15) is 23.0 Å². The minimum atomic E-state index is -0.142. The van der Waals surface area contributed by atoms with Crippen LogP contribution in [0, 0.1) is 5.92 Å². The molecule has 0 atom stereocenters. The van der Waals surface area contributed by atoms with E-state index in [2.05, 4.69) is 15.3 Å². The third-order valence-electron chi connectivity index (χ3n) is 16.4. The van der Waals surface area contributed by atoms with Crippen LogP contribution in [0.2, 0.25) is 0 Å². The third-order valence-corrected chi connectivity index (χ3v) is 16.4. The molecule has 4 amide bonds. The van der Waals surface area contributed by atoms with Crippen molar-refractivity contribution in [3.8, 4) is 23.0 Å². The number of hydrogen-bond donors (Lipinski definition) is 2. The quantitative estimate of drug-likeness (QED) is 0.123. The van der Waals surface area contributed by atoms with Gasteiger partial charge in [-0.15, -0.1) is 0 Å². The van der Waals surface area contributed by atoms with Crippen LogP contribution in [0.25, 0.3) is 24.3 Å². The number of allylic oxidation sites excluding steroid dienone is 4. The number of benzene rings is 8. The van der Waals surface area contributed by atoms with Crippen molar-refractivity contribution in [1.82, 2.24) is 20.0 Å². The van der Waals surface area contributed by atoms with Crippen molar-refractivity contribution in [2.75, 3.05) is 39.9 Å². The summed E-state index contributed by atoms with van der Waals surface area (Å²) in [7, 11) is 6.55. The Morgan fingerprint density at radius 2 is 0.670 bits per heavy atom. The van der Waals surface area contributed by atoms with Crippen LogP contribution in [-0.4, -0.2) is 95.0 Å². The number of fused-ring (bicyclic) bond motifs is 4. The third kappa shape index (κ3) is 15.8. The smallest absolute Gasteiger partial charge is 0.250 e. The number of nitrogens with zero attached hydrogens (tertiary/aromatic N) is 8. The number of anilines is 2. The van der Waals surface area contributed by atoms with E-state index in [4.69, 9.17) is 35.5 Å². The van der Waals surface area contributed by atoms with E-state index in [-0.39, 0.29) is 29.5 Å². The zero-order valence-electron chi connectivity index (χ0n) is 56.3. The topological polar surface area (TPSA) is 220 Å². The number of amides is 4. The van der Waals surface area contributed by atoms with Gasteiger partial charge in [-0.25, -0.2) is 20.0 Å². The first-order chi connectivity index (χ1) is 46.8. The lowest BCUT2D eigenvalue weighted by molar-refractivity contribution is -0.131. The summed E-state index contributed by atoms with van der Waals surface area (Å²) in [4.78, 5) is 49.1. The molecule has 97 heavy (non-hydrogen) atoms. The van der Waals surface area contributed by atoms with E-state index >= 15 is 0 Å². The van der Waals surface area contributed by atoms with Crippen molar-refractivity contribution in [2.24, 2.45) is 26.3 Å². The van der Waals surface area contributed by atoms with Gasteiger partial charge in [0.15, 0.2) is 0 Å². The van der Waals surface area contributed by atoms with Gasteiger partial charge in [0, 0.05) is 105 Å². The molecule has 13 rings (SSSR count). The Bertz CT molecular complexity index is 4570. The van der Waals surface area contributed by atoms with Crippen molar-refractivity contribution in [1.29, 1.82) is 0 Å². The molecule has 0 saturated heterocycles. The predicted octanol–water partition coefficient (Wildman–Crippen LogP) is 14.6. The largest absolute Gasteiger partial charge is 0.497 e. The van der Waals surface area contributed by atoms with Crippen LogP contribution in [-0.2, 0) is 19.2 Å². The molecule has 0 spiro atoms. The molecule has 18 heteroatoms. The van der Waals surface area contributed by atoms with Crippen LogP contribution in [0.4, 0.5) is 11.4 Å². The SMILES string of the molecule is CCC(=O)N1N=C(c2ccc(N)cc2)c2cc(OC)ccc2C=C1C.COc1ccc2c(c1)C(c1ccc(N)cc1)=NN(C(C)=O)C(C)=C2.COc1ccc2c(c1)C(c1ccccc1)=NN(C(=O)C1CC1)C(C)=C2.COc1ccc2c(c1)C(c1ccccc1)=NN(C(C)=O)C(C)=C2. The molecule has 5 aliphatic rings. The Labute approximate surface area is 566 Å². The van der Waals surface area contributed by atoms with Crippen LogP contribution in [0.15, 0.2) is 225 Å². The Morgan fingerprint density at radius 1 is 0.392 bits per heavy atom. The van der Waals surface area contributed by atoms with Crippen LogP contribution in [0.3, 0.4) is 0 Å². The normalized spacial score (nSPS) is 14.3. The minimum Gasteiger partial charge on any atom is -0.497 e. The minimum absolute atomic E-state index is 0.0542. The number of hydrazone groups is 4. The molecule has 8 aromatic carbocycles. The molecule has 0 aromatic heterocycles. The maximum atomic E-state index is 12.7. The summed E-state index contributed by atoms with van der Waals surface area (Å²) in [6.07, 6.45) is 10.2. The maximum absolute atomic E-state index is 12.7. The lowest BCUT2D eigenvalue weighted by Crippen LogP contribution is -2.26. The van der Waals surface area contributed by atoms with Gasteiger partial charge in [0.25, 0.3) is 0 Å². The highest BCUT2D eigenvalue weighted by molar-refractivity contribution is 6.18. The van der Waals surface area contributed by atoms with Gasteiger partial charge in [0.05, 0.1) is 51.3 Å². The molecule has 4 heterocycles. The molecule has 4 N–H and O–H groups in total. The molecule has 0 bridgehead atoms. The second-order valence-electron chi connectivity index (χ2n) is 23.4. The first-order valence-corrected chi connectivity index (χ1v) is 31.7. The van der Waals surface area contributed by atoms with E-state index < -0.39 is 0 Å². The van der Waals surface area contributed by atoms with E-state index in [9.17, 15) is 19.2 Å². The number of ether oxygens (including phenoxy) is 4. The standard InChI is InChI=1S/C21H20N2O2.C20H21N3O2.C19H19N3O2.C19H18N2O2/c1-14-12-17-10-11-18(25-2)13-19(17)20(15-6-4-3-5-7-15)22-23(14)21(24)16-8-9-16;1-4-19(24)23-13(2)11-15-7-10-17(25-3)12-18(15)20(22-23)14-5-8-16(21)9-6-14;1-12-10-15-6-9-17(24-3)11-18(15)19(21-22(12)13(2)23)14-4-7-16(20)8-5-14;1-13-11-16-9-10-17(23-3)12-18(16)19(20-21(13)14(2)22)15-7-5-4-6-8-15/h3-7,10-13,16H,8-9H2,1-2H3;5-12H,4,21H2,1-3H3;4-11H,20H2,1-3H3;4-12H,1-3H3. The average Bonchev–Trinajstić information content (AvgIpc) is 1.72. The Balaban J connectivity index is 0.000000140. The van der Waals surface area contributed by atoms with E-state index in [0.717, 1.165) is 137 Å². The molecule has 8 aromatic rings. The molecule has 1 fully saturated rings. The zero-order chi connectivity index (χ0) is 69.0. The highest BCUT2D eigenvalue weighted by Crippen LogP contribution is 2.36. The van der Waals surface area contributed by atoms with Crippen molar-refractivity contribution >= 4 is 82.2 Å². The lowest BCUT2D eigenvalue weighted by atomic mass is 9.97. The fourth-order valence-corrected chi connectivity index (χ4v) is 11.1. The van der Waals surface area contributed by atoms with E-state index in [1.54, 1.807) is 33.4 Å². The average molecular weight is 1300 g/mol. The van der Waals surface area contributed by atoms with Crippen LogP contribution in [0.5, 0.6) is 23.0 Å². The second kappa shape index (κ2) is 30.4. The molecule has 1 saturated carbocycles. The van der Waals surface area contributed by atoms with Crippen molar-refractivity contribution in [2.45, 2.75) is 67.7 Å². The number of carbonyl (C=O) groups is 4. The Morgan fingerprint density at radius 3 is 0.959 bits per heavy atom. The van der Waals surface area contributed by atoms with E-state index in [1.165, 1.54) is 28.9 Å². The predicted molar refractivity (Wildman–Crippen MR) is 385 cm³/mol. The number of carbonyl (C=O) groups excluding carboxylic acids is 4. The Kier molecular flexibility index (Phi) is 21.3. The molecule has 4 aliphatic heterocycles. The number of methoxy groups -OCH3 is 4. The van der Waals surface area contributed by atoms with Gasteiger partial charge in [0.2, 0.25) is 23.6 Å². The maximum Gasteiger partial charge on any atom is 0.250 e. The summed E-state index contributed by atoms with van der Waals surface area (Å²) in [5, 5.41) is 24.6. The summed E-state index contributed by atoms with van der Waals surface area (Å²) in [5.41, 5.74) is 30.5. The van der Waals surface area contributed by atoms with Gasteiger partial charge in [-0.2, -0.15) is 20.4 Å². The monoisotopic (exact) mass is 1290 g/mol. The molecule has 492 valence electrons. The van der Waals surface area contributed by atoms with Crippen LogP contribution >= 0.6 is 0 Å². The molecule has 0 unspecified atom stereocenters.